The molecule has 1 aromatic carbocycles. The van der Waals surface area contributed by atoms with Gasteiger partial charge in [0.15, 0.2) is 0 Å². The van der Waals surface area contributed by atoms with Crippen LogP contribution in [0.25, 0.3) is 5.69 Å². The molecule has 3 rings (SSSR count). The van der Waals surface area contributed by atoms with E-state index in [0.29, 0.717) is 18.7 Å². The van der Waals surface area contributed by atoms with E-state index >= 15 is 0 Å². The first-order valence-electron chi connectivity index (χ1n) is 9.34. The zero-order chi connectivity index (χ0) is 19.4. The van der Waals surface area contributed by atoms with E-state index in [1.54, 1.807) is 11.0 Å². The van der Waals surface area contributed by atoms with Crippen molar-refractivity contribution in [2.45, 2.75) is 45.6 Å². The molecule has 1 atom stereocenters. The predicted octanol–water partition coefficient (Wildman–Crippen LogP) is 3.38. The molecule has 1 aromatic heterocycles. The topological polar surface area (TPSA) is 67.2 Å². The summed E-state index contributed by atoms with van der Waals surface area (Å²) in [6.45, 7) is 8.21. The number of benzene rings is 1. The first kappa shape index (κ1) is 18.9. The number of carbonyl (C=O) groups is 2. The Morgan fingerprint density at radius 2 is 2.00 bits per heavy atom. The van der Waals surface area contributed by atoms with E-state index in [2.05, 4.69) is 17.0 Å². The molecule has 27 heavy (non-hydrogen) atoms. The molecule has 0 spiro atoms. The number of hydrogen-bond donors (Lipinski definition) is 1. The highest BCUT2D eigenvalue weighted by atomic mass is 16.2. The molecule has 142 valence electrons. The number of carbonyl (C=O) groups excluding carboxylic acids is 2. The fourth-order valence-corrected chi connectivity index (χ4v) is 3.55. The summed E-state index contributed by atoms with van der Waals surface area (Å²) in [5.74, 6) is -0.171. The lowest BCUT2D eigenvalue weighted by Crippen LogP contribution is -2.49. The summed E-state index contributed by atoms with van der Waals surface area (Å²) in [6.07, 6.45) is 4.43. The highest BCUT2D eigenvalue weighted by molar-refractivity contribution is 5.97. The largest absolute Gasteiger partial charge is 0.330 e. The van der Waals surface area contributed by atoms with Gasteiger partial charge < -0.3 is 10.2 Å². The van der Waals surface area contributed by atoms with Gasteiger partial charge in [0.25, 0.3) is 0 Å². The van der Waals surface area contributed by atoms with Crippen molar-refractivity contribution >= 4 is 17.5 Å². The molecular formula is C21H26N4O2. The van der Waals surface area contributed by atoms with E-state index in [4.69, 9.17) is 0 Å². The molecule has 0 radical (unpaired) electrons. The number of aryl methyl sites for hydroxylation is 2. The molecule has 6 heteroatoms. The lowest BCUT2D eigenvalue weighted by Gasteiger charge is -2.34. The fraction of sp³-hybridized carbons (Fsp3) is 0.381. The van der Waals surface area contributed by atoms with Gasteiger partial charge in [0.2, 0.25) is 11.8 Å². The Kier molecular flexibility index (Phi) is 5.74. The van der Waals surface area contributed by atoms with Crippen LogP contribution in [0.5, 0.6) is 0 Å². The van der Waals surface area contributed by atoms with Crippen LogP contribution in [-0.4, -0.2) is 39.1 Å². The molecule has 1 saturated heterocycles. The molecule has 1 fully saturated rings. The number of piperidine rings is 1. The molecule has 0 bridgehead atoms. The molecule has 0 aliphatic carbocycles. The van der Waals surface area contributed by atoms with Gasteiger partial charge in [0.1, 0.15) is 6.04 Å². The maximum atomic E-state index is 12.8. The summed E-state index contributed by atoms with van der Waals surface area (Å²) >= 11 is 0. The second kappa shape index (κ2) is 8.20. The van der Waals surface area contributed by atoms with E-state index in [9.17, 15) is 9.59 Å². The molecule has 1 aliphatic heterocycles. The lowest BCUT2D eigenvalue weighted by molar-refractivity contribution is -0.139. The number of nitrogens with zero attached hydrogens (tertiary/aromatic N) is 3. The van der Waals surface area contributed by atoms with Crippen molar-refractivity contribution in [2.75, 3.05) is 11.9 Å². The van der Waals surface area contributed by atoms with E-state index in [1.165, 1.54) is 0 Å². The molecule has 0 saturated carbocycles. The highest BCUT2D eigenvalue weighted by Crippen LogP contribution is 2.21. The minimum atomic E-state index is -0.415. The maximum absolute atomic E-state index is 12.8. The van der Waals surface area contributed by atoms with Crippen molar-refractivity contribution in [2.24, 2.45) is 0 Å². The van der Waals surface area contributed by atoms with E-state index in [-0.39, 0.29) is 18.2 Å². The van der Waals surface area contributed by atoms with Crippen molar-refractivity contribution in [1.29, 1.82) is 0 Å². The van der Waals surface area contributed by atoms with Crippen LogP contribution >= 0.6 is 0 Å². The van der Waals surface area contributed by atoms with Crippen molar-refractivity contribution in [3.63, 3.8) is 0 Å². The maximum Gasteiger partial charge on any atom is 0.247 e. The lowest BCUT2D eigenvalue weighted by atomic mass is 10.0. The average molecular weight is 366 g/mol. The molecule has 2 heterocycles. The molecule has 6 nitrogen and oxygen atoms in total. The number of nitrogens with one attached hydrogen (secondary N) is 1. The van der Waals surface area contributed by atoms with Gasteiger partial charge >= 0.3 is 0 Å². The van der Waals surface area contributed by atoms with Crippen LogP contribution in [0.4, 0.5) is 5.69 Å². The Morgan fingerprint density at radius 3 is 2.63 bits per heavy atom. The molecule has 2 amide bonds. The summed E-state index contributed by atoms with van der Waals surface area (Å²) in [5.41, 5.74) is 3.68. The van der Waals surface area contributed by atoms with Gasteiger partial charge in [-0.15, -0.1) is 6.58 Å². The van der Waals surface area contributed by atoms with Gasteiger partial charge in [-0.05, 0) is 63.4 Å². The summed E-state index contributed by atoms with van der Waals surface area (Å²) in [6, 6.07) is 9.19. The Bertz CT molecular complexity index is 838. The average Bonchev–Trinajstić information content (AvgIpc) is 3.00. The third kappa shape index (κ3) is 4.27. The normalized spacial score (nSPS) is 16.8. The smallest absolute Gasteiger partial charge is 0.247 e. The first-order chi connectivity index (χ1) is 13.0. The van der Waals surface area contributed by atoms with Gasteiger partial charge in [0, 0.05) is 24.3 Å². The van der Waals surface area contributed by atoms with Crippen molar-refractivity contribution < 1.29 is 9.59 Å². The summed E-state index contributed by atoms with van der Waals surface area (Å²) in [5, 5.41) is 7.42. The second-order valence-corrected chi connectivity index (χ2v) is 6.97. The zero-order valence-electron chi connectivity index (χ0n) is 15.9. The molecular weight excluding hydrogens is 340 g/mol. The quantitative estimate of drug-likeness (QED) is 0.825. The van der Waals surface area contributed by atoms with Gasteiger partial charge in [0.05, 0.1) is 11.4 Å². The minimum Gasteiger partial charge on any atom is -0.330 e. The van der Waals surface area contributed by atoms with Gasteiger partial charge in [-0.1, -0.05) is 6.08 Å². The third-order valence-corrected chi connectivity index (χ3v) is 4.83. The number of anilines is 1. The summed E-state index contributed by atoms with van der Waals surface area (Å²) in [7, 11) is 0. The number of rotatable bonds is 5. The van der Waals surface area contributed by atoms with Gasteiger partial charge in [-0.2, -0.15) is 5.10 Å². The second-order valence-electron chi connectivity index (χ2n) is 6.97. The Balaban J connectivity index is 1.70. The van der Waals surface area contributed by atoms with Crippen molar-refractivity contribution in [1.82, 2.24) is 14.7 Å². The van der Waals surface area contributed by atoms with Crippen molar-refractivity contribution in [3.8, 4) is 5.69 Å². The zero-order valence-corrected chi connectivity index (χ0v) is 15.9. The van der Waals surface area contributed by atoms with Gasteiger partial charge in [-0.25, -0.2) is 4.68 Å². The van der Waals surface area contributed by atoms with Crippen LogP contribution in [0.1, 0.15) is 37.1 Å². The molecule has 2 aromatic rings. The first-order valence-corrected chi connectivity index (χ1v) is 9.34. The van der Waals surface area contributed by atoms with Crippen LogP contribution in [0, 0.1) is 13.8 Å². The van der Waals surface area contributed by atoms with Crippen molar-refractivity contribution in [3.05, 3.63) is 54.4 Å². The van der Waals surface area contributed by atoms with Crippen LogP contribution < -0.4 is 5.32 Å². The Labute approximate surface area is 159 Å². The molecule has 1 aliphatic rings. The van der Waals surface area contributed by atoms with Crippen LogP contribution in [0.15, 0.2) is 43.0 Å². The molecule has 1 N–H and O–H groups in total. The Morgan fingerprint density at radius 1 is 1.26 bits per heavy atom. The van der Waals surface area contributed by atoms with Crippen LogP contribution in [0.3, 0.4) is 0 Å². The van der Waals surface area contributed by atoms with Crippen LogP contribution in [0.2, 0.25) is 0 Å². The van der Waals surface area contributed by atoms with E-state index < -0.39 is 6.04 Å². The number of amides is 2. The van der Waals surface area contributed by atoms with Gasteiger partial charge in [-0.3, -0.25) is 9.59 Å². The Hall–Kier alpha value is -2.89. The number of hydrogen-bond acceptors (Lipinski definition) is 3. The number of aromatic nitrogens is 2. The minimum absolute atomic E-state index is 0.0373. The summed E-state index contributed by atoms with van der Waals surface area (Å²) in [4.78, 5) is 26.7. The van der Waals surface area contributed by atoms with Crippen LogP contribution in [-0.2, 0) is 9.59 Å². The van der Waals surface area contributed by atoms with E-state index in [0.717, 1.165) is 29.9 Å². The standard InChI is InChI=1S/C21H26N4O2/c1-4-7-20(26)24-13-6-5-8-19(24)21(27)22-17-9-11-18(12-10-17)25-16(3)14-15(2)23-25/h4,9-12,14,19H,1,5-8,13H2,2-3H3,(H,22,27). The fourth-order valence-electron chi connectivity index (χ4n) is 3.55. The predicted molar refractivity (Wildman–Crippen MR) is 106 cm³/mol. The third-order valence-electron chi connectivity index (χ3n) is 4.83. The monoisotopic (exact) mass is 366 g/mol. The SMILES string of the molecule is C=CCC(=O)N1CCCCC1C(=O)Nc1ccc(-n2nc(C)cc2C)cc1. The summed E-state index contributed by atoms with van der Waals surface area (Å²) < 4.78 is 1.87. The highest BCUT2D eigenvalue weighted by Gasteiger charge is 2.31. The molecule has 1 unspecified atom stereocenters. The number of likely N-dealkylation sites (tertiary alicyclic amines) is 1. The van der Waals surface area contributed by atoms with E-state index in [1.807, 2.05) is 48.9 Å².